The third-order valence-corrected chi connectivity index (χ3v) is 2.11. The van der Waals surface area contributed by atoms with Gasteiger partial charge in [0.1, 0.15) is 0 Å². The third-order valence-electron chi connectivity index (χ3n) is 2.11. The molecule has 0 atom stereocenters. The van der Waals surface area contributed by atoms with Crippen molar-refractivity contribution in [2.75, 3.05) is 5.73 Å². The molecule has 0 saturated carbocycles. The lowest BCUT2D eigenvalue weighted by Crippen LogP contribution is -2.08. The van der Waals surface area contributed by atoms with E-state index in [0.29, 0.717) is 17.0 Å². The second kappa shape index (κ2) is 3.66. The van der Waals surface area contributed by atoms with Crippen molar-refractivity contribution in [1.29, 1.82) is 0 Å². The summed E-state index contributed by atoms with van der Waals surface area (Å²) in [6.07, 6.45) is -2.30. The van der Waals surface area contributed by atoms with Crippen molar-refractivity contribution in [1.82, 2.24) is 14.6 Å². The van der Waals surface area contributed by atoms with Crippen molar-refractivity contribution in [3.05, 3.63) is 24.2 Å². The molecule has 0 spiro atoms. The molecule has 0 aliphatic carbocycles. The van der Waals surface area contributed by atoms with Gasteiger partial charge in [-0.05, 0) is 12.5 Å². The van der Waals surface area contributed by atoms with Gasteiger partial charge in [-0.25, -0.2) is 9.50 Å². The smallest absolute Gasteiger partial charge is 0.389 e. The maximum atomic E-state index is 12.0. The van der Waals surface area contributed by atoms with E-state index in [2.05, 4.69) is 10.1 Å². The highest BCUT2D eigenvalue weighted by Gasteiger charge is 2.27. The SMILES string of the molecule is Nc1ccnn2cc(CCC(F)(F)F)nc12. The first-order valence-electron chi connectivity index (χ1n) is 4.61. The van der Waals surface area contributed by atoms with Gasteiger partial charge in [0.05, 0.1) is 23.8 Å². The van der Waals surface area contributed by atoms with Gasteiger partial charge >= 0.3 is 6.18 Å². The number of nitrogens with zero attached hydrogens (tertiary/aromatic N) is 3. The van der Waals surface area contributed by atoms with Crippen LogP contribution in [-0.2, 0) is 6.42 Å². The summed E-state index contributed by atoms with van der Waals surface area (Å²) < 4.78 is 37.4. The first-order valence-corrected chi connectivity index (χ1v) is 4.61. The lowest BCUT2D eigenvalue weighted by atomic mass is 10.2. The molecule has 4 nitrogen and oxygen atoms in total. The number of aromatic nitrogens is 3. The van der Waals surface area contributed by atoms with Crippen molar-refractivity contribution < 1.29 is 13.2 Å². The lowest BCUT2D eigenvalue weighted by Gasteiger charge is -2.02. The van der Waals surface area contributed by atoms with Gasteiger partial charge < -0.3 is 5.73 Å². The Hall–Kier alpha value is -1.79. The zero-order valence-corrected chi connectivity index (χ0v) is 8.20. The number of aryl methyl sites for hydroxylation is 1. The van der Waals surface area contributed by atoms with Gasteiger partial charge in [0, 0.05) is 6.42 Å². The second-order valence-corrected chi connectivity index (χ2v) is 3.40. The summed E-state index contributed by atoms with van der Waals surface area (Å²) >= 11 is 0. The predicted molar refractivity (Wildman–Crippen MR) is 51.8 cm³/mol. The van der Waals surface area contributed by atoms with Gasteiger partial charge in [-0.2, -0.15) is 18.3 Å². The highest BCUT2D eigenvalue weighted by molar-refractivity contribution is 5.63. The molecule has 0 aromatic carbocycles. The highest BCUT2D eigenvalue weighted by Crippen LogP contribution is 2.22. The first-order chi connectivity index (χ1) is 7.46. The molecule has 2 N–H and O–H groups in total. The Morgan fingerprint density at radius 3 is 2.75 bits per heavy atom. The van der Waals surface area contributed by atoms with Crippen LogP contribution in [-0.4, -0.2) is 20.8 Å². The molecule has 0 aliphatic rings. The number of rotatable bonds is 2. The van der Waals surface area contributed by atoms with Crippen molar-refractivity contribution in [2.45, 2.75) is 19.0 Å². The minimum atomic E-state index is -4.17. The summed E-state index contributed by atoms with van der Waals surface area (Å²) in [6, 6.07) is 1.55. The predicted octanol–water partition coefficient (Wildman–Crippen LogP) is 1.81. The van der Waals surface area contributed by atoms with E-state index >= 15 is 0 Å². The number of alkyl halides is 3. The van der Waals surface area contributed by atoms with E-state index in [4.69, 9.17) is 5.73 Å². The normalized spacial score (nSPS) is 12.2. The van der Waals surface area contributed by atoms with Crippen molar-refractivity contribution in [2.24, 2.45) is 0 Å². The van der Waals surface area contributed by atoms with Gasteiger partial charge in [0.25, 0.3) is 0 Å². The van der Waals surface area contributed by atoms with E-state index in [1.54, 1.807) is 6.07 Å². The van der Waals surface area contributed by atoms with Gasteiger partial charge in [-0.1, -0.05) is 0 Å². The number of fused-ring (bicyclic) bond motifs is 1. The molecule has 2 rings (SSSR count). The Morgan fingerprint density at radius 1 is 1.38 bits per heavy atom. The van der Waals surface area contributed by atoms with E-state index in [-0.39, 0.29) is 6.42 Å². The number of nitrogen functional groups attached to an aromatic ring is 1. The third kappa shape index (κ3) is 2.23. The number of halogens is 3. The fourth-order valence-corrected chi connectivity index (χ4v) is 1.35. The average molecular weight is 230 g/mol. The van der Waals surface area contributed by atoms with E-state index in [1.807, 2.05) is 0 Å². The largest absolute Gasteiger partial charge is 0.396 e. The second-order valence-electron chi connectivity index (χ2n) is 3.40. The molecular weight excluding hydrogens is 221 g/mol. The highest BCUT2D eigenvalue weighted by atomic mass is 19.4. The first kappa shape index (κ1) is 10.7. The maximum Gasteiger partial charge on any atom is 0.389 e. The summed E-state index contributed by atoms with van der Waals surface area (Å²) in [7, 11) is 0. The van der Waals surface area contributed by atoms with Crippen LogP contribution in [0, 0.1) is 0 Å². The molecule has 0 saturated heterocycles. The fourth-order valence-electron chi connectivity index (χ4n) is 1.35. The molecular formula is C9H9F3N4. The summed E-state index contributed by atoms with van der Waals surface area (Å²) in [5.41, 5.74) is 6.73. The molecule has 0 unspecified atom stereocenters. The molecule has 2 heterocycles. The monoisotopic (exact) mass is 230 g/mol. The summed E-state index contributed by atoms with van der Waals surface area (Å²) in [5.74, 6) is 0. The van der Waals surface area contributed by atoms with Crippen LogP contribution in [0.5, 0.6) is 0 Å². The molecule has 0 fully saturated rings. The van der Waals surface area contributed by atoms with Crippen LogP contribution in [0.4, 0.5) is 18.9 Å². The van der Waals surface area contributed by atoms with E-state index < -0.39 is 12.6 Å². The number of hydrogen-bond acceptors (Lipinski definition) is 3. The molecule has 2 aromatic heterocycles. The Labute approximate surface area is 88.9 Å². The quantitative estimate of drug-likeness (QED) is 0.855. The van der Waals surface area contributed by atoms with E-state index in [1.165, 1.54) is 16.9 Å². The van der Waals surface area contributed by atoms with Crippen LogP contribution in [0.25, 0.3) is 5.65 Å². The molecule has 0 bridgehead atoms. The zero-order valence-electron chi connectivity index (χ0n) is 8.20. The van der Waals surface area contributed by atoms with E-state index in [0.717, 1.165) is 0 Å². The van der Waals surface area contributed by atoms with Crippen molar-refractivity contribution in [3.63, 3.8) is 0 Å². The standard InChI is InChI=1S/C9H9F3N4/c10-9(11,12)3-1-6-5-16-8(15-6)7(13)2-4-14-16/h2,4-5H,1,3,13H2. The van der Waals surface area contributed by atoms with Crippen molar-refractivity contribution >= 4 is 11.3 Å². The van der Waals surface area contributed by atoms with Gasteiger partial charge in [0.2, 0.25) is 0 Å². The Kier molecular flexibility index (Phi) is 2.45. The van der Waals surface area contributed by atoms with E-state index in [9.17, 15) is 13.2 Å². The van der Waals surface area contributed by atoms with Gasteiger partial charge in [-0.3, -0.25) is 0 Å². The molecule has 0 radical (unpaired) electrons. The molecule has 2 aromatic rings. The van der Waals surface area contributed by atoms with Crippen LogP contribution in [0.15, 0.2) is 18.5 Å². The Bertz CT molecular complexity index is 503. The molecule has 0 amide bonds. The van der Waals surface area contributed by atoms with Crippen LogP contribution in [0.1, 0.15) is 12.1 Å². The molecule has 7 heteroatoms. The van der Waals surface area contributed by atoms with Gasteiger partial charge in [-0.15, -0.1) is 0 Å². The van der Waals surface area contributed by atoms with Crippen LogP contribution in [0.3, 0.4) is 0 Å². The van der Waals surface area contributed by atoms with Crippen LogP contribution < -0.4 is 5.73 Å². The minimum absolute atomic E-state index is 0.160. The number of nitrogens with two attached hydrogens (primary N) is 1. The molecule has 16 heavy (non-hydrogen) atoms. The lowest BCUT2D eigenvalue weighted by molar-refractivity contribution is -0.134. The minimum Gasteiger partial charge on any atom is -0.396 e. The van der Waals surface area contributed by atoms with Gasteiger partial charge in [0.15, 0.2) is 5.65 Å². The topological polar surface area (TPSA) is 56.2 Å². The van der Waals surface area contributed by atoms with Crippen LogP contribution in [0.2, 0.25) is 0 Å². The number of anilines is 1. The van der Waals surface area contributed by atoms with Crippen molar-refractivity contribution in [3.8, 4) is 0 Å². The van der Waals surface area contributed by atoms with Crippen LogP contribution >= 0.6 is 0 Å². The molecule has 86 valence electrons. The number of imidazole rings is 1. The summed E-state index contributed by atoms with van der Waals surface area (Å²) in [4.78, 5) is 3.99. The fraction of sp³-hybridized carbons (Fsp3) is 0.333. The summed E-state index contributed by atoms with van der Waals surface area (Å²) in [6.45, 7) is 0. The molecule has 0 aliphatic heterocycles. The Morgan fingerprint density at radius 2 is 2.12 bits per heavy atom. The maximum absolute atomic E-state index is 12.0. The average Bonchev–Trinajstić information content (AvgIpc) is 2.58. The Balaban J connectivity index is 2.24. The summed E-state index contributed by atoms with van der Waals surface area (Å²) in [5, 5.41) is 3.90. The zero-order chi connectivity index (χ0) is 11.8. The number of hydrogen-bond donors (Lipinski definition) is 1.